The van der Waals surface area contributed by atoms with Crippen molar-refractivity contribution in [3.63, 3.8) is 0 Å². The zero-order valence-electron chi connectivity index (χ0n) is 15.4. The second-order valence-electron chi connectivity index (χ2n) is 9.40. The van der Waals surface area contributed by atoms with Crippen LogP contribution in [-0.2, 0) is 6.54 Å². The Bertz CT molecular complexity index is 968. The molecule has 0 saturated heterocycles. The molecule has 5 aliphatic rings. The molecule has 3 atom stereocenters. The predicted octanol–water partition coefficient (Wildman–Crippen LogP) is 2.36. The van der Waals surface area contributed by atoms with Gasteiger partial charge in [0.1, 0.15) is 5.52 Å². The van der Waals surface area contributed by atoms with E-state index in [-0.39, 0.29) is 5.92 Å². The van der Waals surface area contributed by atoms with Gasteiger partial charge in [-0.25, -0.2) is 15.0 Å². The van der Waals surface area contributed by atoms with Crippen molar-refractivity contribution in [1.82, 2.24) is 19.5 Å². The summed E-state index contributed by atoms with van der Waals surface area (Å²) < 4.78 is 2.08. The van der Waals surface area contributed by atoms with Crippen LogP contribution in [0.1, 0.15) is 50.8 Å². The first kappa shape index (κ1) is 15.9. The van der Waals surface area contributed by atoms with Crippen LogP contribution in [0.5, 0.6) is 0 Å². The van der Waals surface area contributed by atoms with Gasteiger partial charge in [-0.05, 0) is 74.5 Å². The third-order valence-electron chi connectivity index (χ3n) is 7.26. The minimum absolute atomic E-state index is 0.0437. The van der Waals surface area contributed by atoms with E-state index >= 15 is 0 Å². The summed E-state index contributed by atoms with van der Waals surface area (Å²) in [5.41, 5.74) is 6.96. The van der Waals surface area contributed by atoms with Gasteiger partial charge >= 0.3 is 0 Å². The Labute approximate surface area is 158 Å². The summed E-state index contributed by atoms with van der Waals surface area (Å²) in [7, 11) is 0. The van der Waals surface area contributed by atoms with E-state index in [1.165, 1.54) is 32.1 Å². The molecule has 6 nitrogen and oxygen atoms in total. The number of nitrogens with zero attached hydrogens (tertiary/aromatic N) is 4. The van der Waals surface area contributed by atoms with Crippen LogP contribution in [-0.4, -0.2) is 30.2 Å². The zero-order chi connectivity index (χ0) is 18.2. The summed E-state index contributed by atoms with van der Waals surface area (Å²) in [5.74, 6) is 10.1. The standard InChI is InChI=1S/C21H25N5O/c22-19-18-20(26(11-23-18)10-12-1-2-12)25-17(24-19)4-3-16-15-6-13-5-14(7-15)9-21(16,27)8-13/h11-16,27H,1-2,5-10H2,(H2,22,24,25). The number of rotatable bonds is 2. The minimum atomic E-state index is -0.606. The highest BCUT2D eigenvalue weighted by atomic mass is 16.3. The third-order valence-corrected chi connectivity index (χ3v) is 7.26. The molecular formula is C21H25N5O. The van der Waals surface area contributed by atoms with Gasteiger partial charge in [-0.15, -0.1) is 0 Å². The normalized spacial score (nSPS) is 36.8. The van der Waals surface area contributed by atoms with Crippen LogP contribution in [0, 0.1) is 41.4 Å². The number of aliphatic hydroxyl groups is 1. The molecule has 2 aromatic heterocycles. The van der Waals surface area contributed by atoms with Gasteiger partial charge in [0, 0.05) is 6.54 Å². The molecule has 7 rings (SSSR count). The van der Waals surface area contributed by atoms with Crippen LogP contribution in [0.4, 0.5) is 5.82 Å². The Morgan fingerprint density at radius 3 is 2.67 bits per heavy atom. The molecule has 5 fully saturated rings. The summed E-state index contributed by atoms with van der Waals surface area (Å²) >= 11 is 0. The van der Waals surface area contributed by atoms with E-state index in [2.05, 4.69) is 31.4 Å². The summed E-state index contributed by atoms with van der Waals surface area (Å²) in [6, 6.07) is 0. The third kappa shape index (κ3) is 2.55. The van der Waals surface area contributed by atoms with Crippen molar-refractivity contribution in [3.8, 4) is 11.8 Å². The highest BCUT2D eigenvalue weighted by Crippen LogP contribution is 2.58. The van der Waals surface area contributed by atoms with E-state index < -0.39 is 5.60 Å². The molecule has 5 aliphatic carbocycles. The molecule has 0 aliphatic heterocycles. The van der Waals surface area contributed by atoms with Crippen molar-refractivity contribution >= 4 is 17.0 Å². The van der Waals surface area contributed by atoms with Gasteiger partial charge in [-0.2, -0.15) is 0 Å². The van der Waals surface area contributed by atoms with E-state index in [1.54, 1.807) is 0 Å². The lowest BCUT2D eigenvalue weighted by atomic mass is 9.50. The zero-order valence-corrected chi connectivity index (χ0v) is 15.4. The lowest BCUT2D eigenvalue weighted by Crippen LogP contribution is -2.56. The largest absolute Gasteiger partial charge is 0.389 e. The topological polar surface area (TPSA) is 89.8 Å². The molecule has 3 N–H and O–H groups in total. The fourth-order valence-electron chi connectivity index (χ4n) is 6.13. The van der Waals surface area contributed by atoms with Gasteiger partial charge in [0.15, 0.2) is 11.5 Å². The smallest absolute Gasteiger partial charge is 0.208 e. The molecule has 5 saturated carbocycles. The van der Waals surface area contributed by atoms with Gasteiger partial charge in [-0.1, -0.05) is 5.92 Å². The molecule has 2 heterocycles. The summed E-state index contributed by atoms with van der Waals surface area (Å²) in [6.07, 6.45) is 9.92. The summed E-state index contributed by atoms with van der Waals surface area (Å²) in [6.45, 7) is 0.938. The number of nitrogen functional groups attached to an aromatic ring is 1. The SMILES string of the molecule is Nc1nc(C#CC2C3CC4CC(C3)CC2(O)C4)nc2c1ncn2CC1CC1. The number of anilines is 1. The van der Waals surface area contributed by atoms with Gasteiger partial charge in [0.2, 0.25) is 5.82 Å². The Morgan fingerprint density at radius 1 is 1.19 bits per heavy atom. The molecule has 0 amide bonds. The average molecular weight is 363 g/mol. The molecule has 0 radical (unpaired) electrons. The summed E-state index contributed by atoms with van der Waals surface area (Å²) in [4.78, 5) is 13.4. The van der Waals surface area contributed by atoms with Crippen LogP contribution >= 0.6 is 0 Å². The molecule has 27 heavy (non-hydrogen) atoms. The molecule has 0 spiro atoms. The lowest BCUT2D eigenvalue weighted by molar-refractivity contribution is -0.152. The van der Waals surface area contributed by atoms with E-state index in [0.717, 1.165) is 31.0 Å². The predicted molar refractivity (Wildman–Crippen MR) is 101 cm³/mol. The van der Waals surface area contributed by atoms with Crippen molar-refractivity contribution in [2.24, 2.45) is 29.6 Å². The number of aromatic nitrogens is 4. The molecule has 4 bridgehead atoms. The second-order valence-corrected chi connectivity index (χ2v) is 9.40. The first-order valence-electron chi connectivity index (χ1n) is 10.3. The monoisotopic (exact) mass is 363 g/mol. The maximum Gasteiger partial charge on any atom is 0.208 e. The molecule has 140 valence electrons. The molecule has 0 aromatic carbocycles. The van der Waals surface area contributed by atoms with Gasteiger partial charge < -0.3 is 15.4 Å². The van der Waals surface area contributed by atoms with Crippen LogP contribution < -0.4 is 5.73 Å². The van der Waals surface area contributed by atoms with E-state index in [9.17, 15) is 5.11 Å². The highest BCUT2D eigenvalue weighted by molar-refractivity contribution is 5.81. The van der Waals surface area contributed by atoms with Crippen LogP contribution in [0.3, 0.4) is 0 Å². The number of hydrogen-bond donors (Lipinski definition) is 2. The fraction of sp³-hybridized carbons (Fsp3) is 0.667. The second kappa shape index (κ2) is 5.45. The summed E-state index contributed by atoms with van der Waals surface area (Å²) in [5, 5.41) is 11.2. The first-order chi connectivity index (χ1) is 13.1. The van der Waals surface area contributed by atoms with Crippen LogP contribution in [0.25, 0.3) is 11.2 Å². The average Bonchev–Trinajstić information content (AvgIpc) is 3.32. The molecule has 6 heteroatoms. The van der Waals surface area contributed by atoms with Crippen molar-refractivity contribution in [3.05, 3.63) is 12.2 Å². The van der Waals surface area contributed by atoms with Crippen molar-refractivity contribution in [1.29, 1.82) is 0 Å². The van der Waals surface area contributed by atoms with E-state index in [0.29, 0.717) is 34.9 Å². The lowest BCUT2D eigenvalue weighted by Gasteiger charge is -2.57. The Morgan fingerprint density at radius 2 is 1.96 bits per heavy atom. The van der Waals surface area contributed by atoms with Crippen molar-refractivity contribution in [2.45, 2.75) is 57.1 Å². The minimum Gasteiger partial charge on any atom is -0.389 e. The number of hydrogen-bond acceptors (Lipinski definition) is 5. The Balaban J connectivity index is 1.34. The van der Waals surface area contributed by atoms with E-state index in [4.69, 9.17) is 5.73 Å². The molecular weight excluding hydrogens is 338 g/mol. The first-order valence-corrected chi connectivity index (χ1v) is 10.3. The Kier molecular flexibility index (Phi) is 3.20. The Hall–Kier alpha value is -2.13. The van der Waals surface area contributed by atoms with Crippen molar-refractivity contribution < 1.29 is 5.11 Å². The maximum atomic E-state index is 11.2. The molecule has 3 unspecified atom stereocenters. The van der Waals surface area contributed by atoms with Gasteiger partial charge in [0.25, 0.3) is 0 Å². The van der Waals surface area contributed by atoms with Crippen LogP contribution in [0.2, 0.25) is 0 Å². The number of fused-ring (bicyclic) bond motifs is 1. The van der Waals surface area contributed by atoms with Gasteiger partial charge in [-0.3, -0.25) is 0 Å². The van der Waals surface area contributed by atoms with E-state index in [1.807, 2.05) is 6.33 Å². The highest BCUT2D eigenvalue weighted by Gasteiger charge is 2.55. The van der Waals surface area contributed by atoms with Crippen LogP contribution in [0.15, 0.2) is 6.33 Å². The number of nitrogens with two attached hydrogens (primary N) is 1. The fourth-order valence-corrected chi connectivity index (χ4v) is 6.13. The quantitative estimate of drug-likeness (QED) is 0.800. The maximum absolute atomic E-state index is 11.2. The molecule has 2 aromatic rings. The van der Waals surface area contributed by atoms with Gasteiger partial charge in [0.05, 0.1) is 17.8 Å². The number of imidazole rings is 1. The van der Waals surface area contributed by atoms with Crippen molar-refractivity contribution in [2.75, 3.05) is 5.73 Å².